The number of hydrogen-bond acceptors (Lipinski definition) is 2. The van der Waals surface area contributed by atoms with Gasteiger partial charge in [-0.05, 0) is 63.2 Å². The van der Waals surface area contributed by atoms with E-state index < -0.39 is 0 Å². The van der Waals surface area contributed by atoms with Crippen molar-refractivity contribution in [2.24, 2.45) is 16.7 Å². The Morgan fingerprint density at radius 1 is 1.33 bits per heavy atom. The Balaban J connectivity index is 2.03. The summed E-state index contributed by atoms with van der Waals surface area (Å²) >= 11 is 0. The van der Waals surface area contributed by atoms with Crippen LogP contribution in [0.1, 0.15) is 74.1 Å². The van der Waals surface area contributed by atoms with Gasteiger partial charge in [-0.2, -0.15) is 0 Å². The highest BCUT2D eigenvalue weighted by molar-refractivity contribution is 5.82. The van der Waals surface area contributed by atoms with Gasteiger partial charge in [-0.25, -0.2) is 0 Å². The molecule has 2 rings (SSSR count). The second kappa shape index (κ2) is 5.26. The van der Waals surface area contributed by atoms with E-state index in [1.807, 2.05) is 6.92 Å². The minimum absolute atomic E-state index is 0.124. The summed E-state index contributed by atoms with van der Waals surface area (Å²) in [7, 11) is 0. The lowest BCUT2D eigenvalue weighted by Crippen LogP contribution is -2.58. The third-order valence-electron chi connectivity index (χ3n) is 6.43. The minimum atomic E-state index is -0.128. The molecule has 2 aliphatic rings. The van der Waals surface area contributed by atoms with Crippen LogP contribution in [0.2, 0.25) is 0 Å². The fourth-order valence-electron chi connectivity index (χ4n) is 4.57. The maximum Gasteiger partial charge on any atom is 0.237 e. The average Bonchev–Trinajstić information content (AvgIpc) is 2.85. The molecule has 0 saturated heterocycles. The first kappa shape index (κ1) is 16.8. The van der Waals surface area contributed by atoms with Crippen LogP contribution < -0.4 is 10.6 Å². The molecule has 2 saturated carbocycles. The molecule has 2 bridgehead atoms. The van der Waals surface area contributed by atoms with Crippen LogP contribution in [0.25, 0.3) is 0 Å². The molecule has 0 aromatic rings. The maximum atomic E-state index is 12.5. The van der Waals surface area contributed by atoms with E-state index in [2.05, 4.69) is 52.2 Å². The monoisotopic (exact) mass is 294 g/mol. The zero-order chi connectivity index (χ0) is 16.1. The van der Waals surface area contributed by atoms with Gasteiger partial charge in [0.05, 0.1) is 6.04 Å². The van der Waals surface area contributed by atoms with Crippen molar-refractivity contribution in [3.8, 4) is 0 Å². The van der Waals surface area contributed by atoms with Crippen molar-refractivity contribution in [1.82, 2.24) is 10.6 Å². The van der Waals surface area contributed by atoms with Gasteiger partial charge < -0.3 is 10.6 Å². The Morgan fingerprint density at radius 2 is 1.95 bits per heavy atom. The third kappa shape index (κ3) is 2.99. The standard InChI is InChI=1S/C18H34N2O/c1-8-16(3,4)20-14(21)12(2)19-15-17(5,6)13-9-10-18(15,7)11-13/h12-13,15,19H,8-11H2,1-7H3,(H,20,21). The Bertz CT molecular complexity index is 411. The Kier molecular flexibility index (Phi) is 4.20. The van der Waals surface area contributed by atoms with Crippen LogP contribution >= 0.6 is 0 Å². The molecule has 4 atom stereocenters. The molecule has 0 spiro atoms. The maximum absolute atomic E-state index is 12.5. The van der Waals surface area contributed by atoms with Gasteiger partial charge in [-0.1, -0.05) is 27.7 Å². The van der Waals surface area contributed by atoms with Crippen LogP contribution in [0.3, 0.4) is 0 Å². The molecule has 21 heavy (non-hydrogen) atoms. The van der Waals surface area contributed by atoms with Crippen LogP contribution in [0.5, 0.6) is 0 Å². The number of amides is 1. The van der Waals surface area contributed by atoms with E-state index in [4.69, 9.17) is 0 Å². The lowest BCUT2D eigenvalue weighted by Gasteiger charge is -2.44. The first-order valence-electron chi connectivity index (χ1n) is 8.60. The number of hydrogen-bond donors (Lipinski definition) is 2. The number of carbonyl (C=O) groups excluding carboxylic acids is 1. The molecule has 3 heteroatoms. The number of carbonyl (C=O) groups is 1. The molecule has 2 N–H and O–H groups in total. The molecular formula is C18H34N2O. The molecule has 122 valence electrons. The van der Waals surface area contributed by atoms with E-state index >= 15 is 0 Å². The van der Waals surface area contributed by atoms with Gasteiger partial charge in [-0.15, -0.1) is 0 Å². The van der Waals surface area contributed by atoms with Gasteiger partial charge in [0.1, 0.15) is 0 Å². The highest BCUT2D eigenvalue weighted by Gasteiger charge is 2.59. The minimum Gasteiger partial charge on any atom is -0.350 e. The van der Waals surface area contributed by atoms with Gasteiger partial charge in [0, 0.05) is 11.6 Å². The van der Waals surface area contributed by atoms with Crippen molar-refractivity contribution in [3.05, 3.63) is 0 Å². The van der Waals surface area contributed by atoms with Crippen molar-refractivity contribution >= 4 is 5.91 Å². The van der Waals surface area contributed by atoms with E-state index in [1.54, 1.807) is 0 Å². The van der Waals surface area contributed by atoms with Crippen molar-refractivity contribution in [2.45, 2.75) is 91.8 Å². The predicted molar refractivity (Wildman–Crippen MR) is 88.1 cm³/mol. The highest BCUT2D eigenvalue weighted by atomic mass is 16.2. The third-order valence-corrected chi connectivity index (χ3v) is 6.43. The molecule has 0 radical (unpaired) electrons. The van der Waals surface area contributed by atoms with Crippen LogP contribution in [0.15, 0.2) is 0 Å². The van der Waals surface area contributed by atoms with E-state index in [-0.39, 0.29) is 17.5 Å². The largest absolute Gasteiger partial charge is 0.350 e. The summed E-state index contributed by atoms with van der Waals surface area (Å²) in [5.74, 6) is 0.936. The zero-order valence-electron chi connectivity index (χ0n) is 15.0. The Labute approximate surface area is 130 Å². The lowest BCUT2D eigenvalue weighted by atomic mass is 9.68. The van der Waals surface area contributed by atoms with E-state index in [1.165, 1.54) is 19.3 Å². The van der Waals surface area contributed by atoms with Gasteiger partial charge in [-0.3, -0.25) is 4.79 Å². The molecule has 0 aromatic heterocycles. The van der Waals surface area contributed by atoms with Gasteiger partial charge in [0.15, 0.2) is 0 Å². The first-order chi connectivity index (χ1) is 9.52. The molecule has 0 heterocycles. The topological polar surface area (TPSA) is 41.1 Å². The highest BCUT2D eigenvalue weighted by Crippen LogP contribution is 2.62. The van der Waals surface area contributed by atoms with Crippen molar-refractivity contribution in [1.29, 1.82) is 0 Å². The quantitative estimate of drug-likeness (QED) is 0.815. The molecule has 2 fully saturated rings. The van der Waals surface area contributed by atoms with Crippen molar-refractivity contribution < 1.29 is 4.79 Å². The van der Waals surface area contributed by atoms with Crippen molar-refractivity contribution in [3.63, 3.8) is 0 Å². The summed E-state index contributed by atoms with van der Waals surface area (Å²) in [6, 6.07) is 0.311. The zero-order valence-corrected chi connectivity index (χ0v) is 15.0. The summed E-state index contributed by atoms with van der Waals surface area (Å²) in [6.45, 7) is 15.4. The first-order valence-corrected chi connectivity index (χ1v) is 8.60. The van der Waals surface area contributed by atoms with Crippen molar-refractivity contribution in [2.75, 3.05) is 0 Å². The lowest BCUT2D eigenvalue weighted by molar-refractivity contribution is -0.125. The molecule has 0 aromatic carbocycles. The summed E-state index contributed by atoms with van der Waals surface area (Å²) in [4.78, 5) is 12.5. The van der Waals surface area contributed by atoms with E-state index in [9.17, 15) is 4.79 Å². The molecule has 2 aliphatic carbocycles. The fraction of sp³-hybridized carbons (Fsp3) is 0.944. The van der Waals surface area contributed by atoms with Crippen LogP contribution in [-0.4, -0.2) is 23.5 Å². The van der Waals surface area contributed by atoms with Crippen LogP contribution in [-0.2, 0) is 4.79 Å². The molecular weight excluding hydrogens is 260 g/mol. The molecule has 3 nitrogen and oxygen atoms in total. The number of rotatable bonds is 5. The van der Waals surface area contributed by atoms with Gasteiger partial charge in [0.2, 0.25) is 5.91 Å². The van der Waals surface area contributed by atoms with Crippen LogP contribution in [0.4, 0.5) is 0 Å². The molecule has 0 aliphatic heterocycles. The Morgan fingerprint density at radius 3 is 2.43 bits per heavy atom. The average molecular weight is 294 g/mol. The van der Waals surface area contributed by atoms with Gasteiger partial charge in [0.25, 0.3) is 0 Å². The summed E-state index contributed by atoms with van der Waals surface area (Å²) < 4.78 is 0. The SMILES string of the molecule is CCC(C)(C)NC(=O)C(C)NC1C2(C)CCC(C2)C1(C)C. The molecule has 1 amide bonds. The smallest absolute Gasteiger partial charge is 0.237 e. The summed E-state index contributed by atoms with van der Waals surface area (Å²) in [6.07, 6.45) is 4.91. The second-order valence-electron chi connectivity index (χ2n) is 8.96. The Hall–Kier alpha value is -0.570. The van der Waals surface area contributed by atoms with E-state index in [0.29, 0.717) is 16.9 Å². The molecule has 4 unspecified atom stereocenters. The fourth-order valence-corrected chi connectivity index (χ4v) is 4.57. The van der Waals surface area contributed by atoms with Crippen LogP contribution in [0, 0.1) is 16.7 Å². The predicted octanol–water partition coefficient (Wildman–Crippen LogP) is 3.48. The van der Waals surface area contributed by atoms with E-state index in [0.717, 1.165) is 12.3 Å². The summed E-state index contributed by atoms with van der Waals surface area (Å²) in [5.41, 5.74) is 0.534. The summed E-state index contributed by atoms with van der Waals surface area (Å²) in [5, 5.41) is 6.84. The van der Waals surface area contributed by atoms with Gasteiger partial charge >= 0.3 is 0 Å². The number of nitrogens with one attached hydrogen (secondary N) is 2. The normalized spacial score (nSPS) is 35.8. The number of fused-ring (bicyclic) bond motifs is 2. The second-order valence-corrected chi connectivity index (χ2v) is 8.96.